The summed E-state index contributed by atoms with van der Waals surface area (Å²) in [6.07, 6.45) is 0. The molecule has 0 aromatic carbocycles. The SMILES string of the molecule is CC(N)C(=O)Nc1cccc(-c2nc(C(C)C)cs2)n1. The van der Waals surface area contributed by atoms with Crippen molar-refractivity contribution in [2.75, 3.05) is 5.32 Å². The van der Waals surface area contributed by atoms with E-state index in [0.29, 0.717) is 11.7 Å². The second kappa shape index (κ2) is 6.11. The van der Waals surface area contributed by atoms with Gasteiger partial charge in [-0.2, -0.15) is 0 Å². The molecule has 0 fully saturated rings. The van der Waals surface area contributed by atoms with Crippen LogP contribution in [-0.2, 0) is 4.79 Å². The summed E-state index contributed by atoms with van der Waals surface area (Å²) in [5.74, 6) is 0.628. The molecule has 5 nitrogen and oxygen atoms in total. The highest BCUT2D eigenvalue weighted by molar-refractivity contribution is 7.13. The maximum Gasteiger partial charge on any atom is 0.242 e. The van der Waals surface area contributed by atoms with E-state index < -0.39 is 6.04 Å². The molecular weight excluding hydrogens is 272 g/mol. The summed E-state index contributed by atoms with van der Waals surface area (Å²) >= 11 is 1.55. The van der Waals surface area contributed by atoms with Gasteiger partial charge < -0.3 is 11.1 Å². The van der Waals surface area contributed by atoms with Crippen molar-refractivity contribution in [2.24, 2.45) is 5.73 Å². The largest absolute Gasteiger partial charge is 0.320 e. The van der Waals surface area contributed by atoms with Crippen LogP contribution < -0.4 is 11.1 Å². The Kier molecular flexibility index (Phi) is 4.46. The smallest absolute Gasteiger partial charge is 0.242 e. The molecule has 2 aromatic rings. The Hall–Kier alpha value is -1.79. The average Bonchev–Trinajstić information content (AvgIpc) is 2.88. The van der Waals surface area contributed by atoms with Gasteiger partial charge in [0.05, 0.1) is 11.7 Å². The molecular formula is C14H18N4OS. The van der Waals surface area contributed by atoms with Gasteiger partial charge in [-0.1, -0.05) is 19.9 Å². The van der Waals surface area contributed by atoms with E-state index in [2.05, 4.69) is 29.1 Å². The molecule has 1 atom stereocenters. The lowest BCUT2D eigenvalue weighted by Gasteiger charge is -2.07. The van der Waals surface area contributed by atoms with E-state index in [4.69, 9.17) is 5.73 Å². The van der Waals surface area contributed by atoms with Crippen LogP contribution in [0.4, 0.5) is 5.82 Å². The average molecular weight is 290 g/mol. The zero-order valence-corrected chi connectivity index (χ0v) is 12.6. The summed E-state index contributed by atoms with van der Waals surface area (Å²) in [4.78, 5) is 20.5. The zero-order valence-electron chi connectivity index (χ0n) is 11.8. The molecule has 0 saturated carbocycles. The fourth-order valence-electron chi connectivity index (χ4n) is 1.53. The number of carbonyl (C=O) groups is 1. The van der Waals surface area contributed by atoms with Gasteiger partial charge in [-0.25, -0.2) is 9.97 Å². The van der Waals surface area contributed by atoms with Crippen molar-refractivity contribution in [3.8, 4) is 10.7 Å². The molecule has 0 spiro atoms. The predicted molar refractivity (Wildman–Crippen MR) is 81.7 cm³/mol. The number of hydrogen-bond donors (Lipinski definition) is 2. The Bertz CT molecular complexity index is 607. The third-order valence-corrected chi connectivity index (χ3v) is 3.63. The Morgan fingerprint density at radius 1 is 1.30 bits per heavy atom. The molecule has 2 rings (SSSR count). The Labute approximate surface area is 122 Å². The second-order valence-corrected chi connectivity index (χ2v) is 5.78. The minimum absolute atomic E-state index is 0.253. The fourth-order valence-corrected chi connectivity index (χ4v) is 2.48. The molecule has 6 heteroatoms. The summed E-state index contributed by atoms with van der Waals surface area (Å²) in [5, 5.41) is 5.57. The molecule has 2 heterocycles. The minimum Gasteiger partial charge on any atom is -0.320 e. The molecule has 3 N–H and O–H groups in total. The van der Waals surface area contributed by atoms with Gasteiger partial charge in [0, 0.05) is 5.38 Å². The molecule has 0 aliphatic rings. The molecule has 0 saturated heterocycles. The molecule has 20 heavy (non-hydrogen) atoms. The van der Waals surface area contributed by atoms with Gasteiger partial charge >= 0.3 is 0 Å². The van der Waals surface area contributed by atoms with Crippen LogP contribution in [0.3, 0.4) is 0 Å². The van der Waals surface area contributed by atoms with Crippen LogP contribution in [0, 0.1) is 0 Å². The number of thiazole rings is 1. The Morgan fingerprint density at radius 3 is 2.65 bits per heavy atom. The normalized spacial score (nSPS) is 12.4. The van der Waals surface area contributed by atoms with Crippen molar-refractivity contribution in [3.05, 3.63) is 29.3 Å². The highest BCUT2D eigenvalue weighted by Crippen LogP contribution is 2.26. The molecule has 0 aliphatic carbocycles. The van der Waals surface area contributed by atoms with Gasteiger partial charge in [-0.3, -0.25) is 4.79 Å². The molecule has 0 bridgehead atoms. The van der Waals surface area contributed by atoms with Crippen molar-refractivity contribution in [2.45, 2.75) is 32.7 Å². The van der Waals surface area contributed by atoms with Gasteiger partial charge in [0.15, 0.2) is 0 Å². The fraction of sp³-hybridized carbons (Fsp3) is 0.357. The summed E-state index contributed by atoms with van der Waals surface area (Å²) in [6.45, 7) is 5.84. The molecule has 1 amide bonds. The number of aromatic nitrogens is 2. The van der Waals surface area contributed by atoms with Crippen LogP contribution in [0.15, 0.2) is 23.6 Å². The number of nitrogens with two attached hydrogens (primary N) is 1. The first-order chi connectivity index (χ1) is 9.47. The summed E-state index contributed by atoms with van der Waals surface area (Å²) < 4.78 is 0. The lowest BCUT2D eigenvalue weighted by molar-refractivity contribution is -0.117. The lowest BCUT2D eigenvalue weighted by Crippen LogP contribution is -2.32. The van der Waals surface area contributed by atoms with E-state index in [-0.39, 0.29) is 5.91 Å². The van der Waals surface area contributed by atoms with Crippen molar-refractivity contribution >= 4 is 23.1 Å². The highest BCUT2D eigenvalue weighted by atomic mass is 32.1. The van der Waals surface area contributed by atoms with E-state index in [1.165, 1.54) is 0 Å². The number of carbonyl (C=O) groups excluding carboxylic acids is 1. The summed E-state index contributed by atoms with van der Waals surface area (Å²) in [5.41, 5.74) is 7.33. The van der Waals surface area contributed by atoms with Crippen LogP contribution >= 0.6 is 11.3 Å². The van der Waals surface area contributed by atoms with Crippen LogP contribution in [-0.4, -0.2) is 21.9 Å². The number of amides is 1. The Morgan fingerprint density at radius 2 is 2.05 bits per heavy atom. The number of rotatable bonds is 4. The number of nitrogens with one attached hydrogen (secondary N) is 1. The molecule has 0 radical (unpaired) electrons. The first kappa shape index (κ1) is 14.6. The first-order valence-corrected chi connectivity index (χ1v) is 7.34. The maximum atomic E-state index is 11.6. The van der Waals surface area contributed by atoms with Gasteiger partial charge in [0.1, 0.15) is 16.5 Å². The van der Waals surface area contributed by atoms with Crippen molar-refractivity contribution in [3.63, 3.8) is 0 Å². The first-order valence-electron chi connectivity index (χ1n) is 6.46. The molecule has 106 valence electrons. The maximum absolute atomic E-state index is 11.6. The summed E-state index contributed by atoms with van der Waals surface area (Å²) in [7, 11) is 0. The quantitative estimate of drug-likeness (QED) is 0.907. The van der Waals surface area contributed by atoms with E-state index in [1.54, 1.807) is 24.3 Å². The van der Waals surface area contributed by atoms with Crippen LogP contribution in [0.5, 0.6) is 0 Å². The van der Waals surface area contributed by atoms with Gasteiger partial charge in [-0.15, -0.1) is 11.3 Å². The van der Waals surface area contributed by atoms with Gasteiger partial charge in [0.2, 0.25) is 5.91 Å². The standard InChI is InChI=1S/C14H18N4OS/c1-8(2)11-7-20-14(17-11)10-5-4-6-12(16-10)18-13(19)9(3)15/h4-9H,15H2,1-3H3,(H,16,18,19). The molecule has 0 aliphatic heterocycles. The second-order valence-electron chi connectivity index (χ2n) is 4.92. The molecule has 2 aromatic heterocycles. The third kappa shape index (κ3) is 3.40. The minimum atomic E-state index is -0.562. The van der Waals surface area contributed by atoms with Crippen LogP contribution in [0.2, 0.25) is 0 Å². The lowest BCUT2D eigenvalue weighted by atomic mass is 10.2. The summed E-state index contributed by atoms with van der Waals surface area (Å²) in [6, 6.07) is 4.90. The van der Waals surface area contributed by atoms with Crippen molar-refractivity contribution < 1.29 is 4.79 Å². The highest BCUT2D eigenvalue weighted by Gasteiger charge is 2.11. The van der Waals surface area contributed by atoms with E-state index in [9.17, 15) is 4.79 Å². The van der Waals surface area contributed by atoms with Crippen molar-refractivity contribution in [1.82, 2.24) is 9.97 Å². The van der Waals surface area contributed by atoms with Gasteiger partial charge in [-0.05, 0) is 25.0 Å². The van der Waals surface area contributed by atoms with Crippen molar-refractivity contribution in [1.29, 1.82) is 0 Å². The monoisotopic (exact) mass is 290 g/mol. The molecule has 1 unspecified atom stereocenters. The zero-order chi connectivity index (χ0) is 14.7. The third-order valence-electron chi connectivity index (χ3n) is 2.75. The van der Waals surface area contributed by atoms with Crippen LogP contribution in [0.25, 0.3) is 10.7 Å². The Balaban J connectivity index is 2.22. The number of pyridine rings is 1. The topological polar surface area (TPSA) is 80.9 Å². The van der Waals surface area contributed by atoms with E-state index in [0.717, 1.165) is 16.4 Å². The van der Waals surface area contributed by atoms with Gasteiger partial charge in [0.25, 0.3) is 0 Å². The van der Waals surface area contributed by atoms with Crippen LogP contribution in [0.1, 0.15) is 32.4 Å². The number of nitrogens with zero attached hydrogens (tertiary/aromatic N) is 2. The van der Waals surface area contributed by atoms with E-state index >= 15 is 0 Å². The number of anilines is 1. The predicted octanol–water partition coefficient (Wildman–Crippen LogP) is 2.61. The number of hydrogen-bond acceptors (Lipinski definition) is 5. The van der Waals surface area contributed by atoms with E-state index in [1.807, 2.05) is 17.5 Å².